The summed E-state index contributed by atoms with van der Waals surface area (Å²) in [5.41, 5.74) is 2.93. The van der Waals surface area contributed by atoms with Crippen LogP contribution in [0.25, 0.3) is 21.8 Å². The molecule has 182 valence electrons. The number of fused-ring (bicyclic) bond motifs is 2. The first-order valence-corrected chi connectivity index (χ1v) is 11.4. The SMILES string of the molecule is COc1ccc(CNc2ccc(C(=O)NCCN(C)C)c3[nH]c4c(OC)cccc4c(=O)c23)cc1. The zero-order valence-electron chi connectivity index (χ0n) is 20.4. The third kappa shape index (κ3) is 5.07. The fourth-order valence-electron chi connectivity index (χ4n) is 4.01. The van der Waals surface area contributed by atoms with E-state index in [4.69, 9.17) is 9.47 Å². The molecular formula is C27H30N4O4. The van der Waals surface area contributed by atoms with Gasteiger partial charge in [0.05, 0.1) is 36.2 Å². The van der Waals surface area contributed by atoms with Crippen LogP contribution in [0.15, 0.2) is 59.4 Å². The largest absolute Gasteiger partial charge is 0.497 e. The van der Waals surface area contributed by atoms with Gasteiger partial charge >= 0.3 is 0 Å². The molecule has 3 aromatic carbocycles. The number of hydrogen-bond acceptors (Lipinski definition) is 6. The van der Waals surface area contributed by atoms with E-state index in [1.807, 2.05) is 43.3 Å². The number of methoxy groups -OCH3 is 2. The molecule has 0 fully saturated rings. The van der Waals surface area contributed by atoms with Crippen molar-refractivity contribution < 1.29 is 14.3 Å². The lowest BCUT2D eigenvalue weighted by atomic mass is 10.0. The Morgan fingerprint density at radius 2 is 1.74 bits per heavy atom. The highest BCUT2D eigenvalue weighted by molar-refractivity contribution is 6.11. The van der Waals surface area contributed by atoms with Crippen LogP contribution in [-0.4, -0.2) is 57.2 Å². The van der Waals surface area contributed by atoms with Crippen molar-refractivity contribution in [1.29, 1.82) is 0 Å². The van der Waals surface area contributed by atoms with E-state index >= 15 is 0 Å². The van der Waals surface area contributed by atoms with Crippen molar-refractivity contribution in [2.45, 2.75) is 6.54 Å². The van der Waals surface area contributed by atoms with Gasteiger partial charge in [0.15, 0.2) is 5.43 Å². The molecule has 0 aliphatic heterocycles. The Kier molecular flexibility index (Phi) is 7.22. The maximum absolute atomic E-state index is 13.7. The number of benzene rings is 3. The Labute approximate surface area is 203 Å². The van der Waals surface area contributed by atoms with Gasteiger partial charge in [0.2, 0.25) is 0 Å². The van der Waals surface area contributed by atoms with Gasteiger partial charge in [-0.05, 0) is 56.1 Å². The average molecular weight is 475 g/mol. The van der Waals surface area contributed by atoms with E-state index in [1.165, 1.54) is 0 Å². The molecule has 8 nitrogen and oxygen atoms in total. The van der Waals surface area contributed by atoms with Crippen LogP contribution < -0.4 is 25.5 Å². The Morgan fingerprint density at radius 3 is 2.43 bits per heavy atom. The van der Waals surface area contributed by atoms with Gasteiger partial charge in [-0.3, -0.25) is 9.59 Å². The number of pyridine rings is 1. The van der Waals surface area contributed by atoms with Gasteiger partial charge in [0.1, 0.15) is 11.5 Å². The number of carbonyl (C=O) groups is 1. The molecule has 0 bridgehead atoms. The molecule has 0 radical (unpaired) electrons. The maximum Gasteiger partial charge on any atom is 0.253 e. The zero-order valence-corrected chi connectivity index (χ0v) is 20.4. The minimum absolute atomic E-state index is 0.173. The molecule has 3 N–H and O–H groups in total. The van der Waals surface area contributed by atoms with Gasteiger partial charge in [0, 0.05) is 30.7 Å². The molecule has 0 saturated heterocycles. The summed E-state index contributed by atoms with van der Waals surface area (Å²) in [6, 6.07) is 16.6. The molecular weight excluding hydrogens is 444 g/mol. The smallest absolute Gasteiger partial charge is 0.253 e. The van der Waals surface area contributed by atoms with Crippen LogP contribution in [0.2, 0.25) is 0 Å². The third-order valence-corrected chi connectivity index (χ3v) is 5.90. The highest BCUT2D eigenvalue weighted by Gasteiger charge is 2.18. The quantitative estimate of drug-likeness (QED) is 0.321. The molecule has 4 aromatic rings. The molecule has 1 heterocycles. The summed E-state index contributed by atoms with van der Waals surface area (Å²) in [4.78, 5) is 32.1. The van der Waals surface area contributed by atoms with E-state index < -0.39 is 0 Å². The van der Waals surface area contributed by atoms with Gasteiger partial charge in [0.25, 0.3) is 5.91 Å². The summed E-state index contributed by atoms with van der Waals surface area (Å²) in [5.74, 6) is 1.07. The Hall–Kier alpha value is -4.04. The van der Waals surface area contributed by atoms with Crippen LogP contribution in [0.5, 0.6) is 11.5 Å². The monoisotopic (exact) mass is 474 g/mol. The normalized spacial score (nSPS) is 11.1. The number of nitrogens with zero attached hydrogens (tertiary/aromatic N) is 1. The number of aromatic amines is 1. The summed E-state index contributed by atoms with van der Waals surface area (Å²) in [7, 11) is 7.07. The number of carbonyl (C=O) groups excluding carboxylic acids is 1. The standard InChI is InChI=1S/C27H30N4O4/c1-31(2)15-14-28-27(33)20-12-13-21(29-16-17-8-10-18(34-3)11-9-17)23-25(20)30-24-19(26(23)32)6-5-7-22(24)35-4/h5-13,29H,14-16H2,1-4H3,(H,28,33)(H,30,32). The van der Waals surface area contributed by atoms with Crippen molar-refractivity contribution in [1.82, 2.24) is 15.2 Å². The molecule has 0 spiro atoms. The fourth-order valence-corrected chi connectivity index (χ4v) is 4.01. The van der Waals surface area contributed by atoms with E-state index in [1.54, 1.807) is 44.6 Å². The summed E-state index contributed by atoms with van der Waals surface area (Å²) in [5, 5.41) is 7.23. The van der Waals surface area contributed by atoms with Gasteiger partial charge in [-0.1, -0.05) is 18.2 Å². The number of likely N-dealkylation sites (N-methyl/N-ethyl adjacent to an activating group) is 1. The maximum atomic E-state index is 13.7. The molecule has 0 atom stereocenters. The second-order valence-electron chi connectivity index (χ2n) is 8.51. The first-order valence-electron chi connectivity index (χ1n) is 11.4. The lowest BCUT2D eigenvalue weighted by Crippen LogP contribution is -2.31. The van der Waals surface area contributed by atoms with Crippen molar-refractivity contribution in [2.75, 3.05) is 46.7 Å². The number of H-pyrrole nitrogens is 1. The molecule has 0 unspecified atom stereocenters. The summed E-state index contributed by atoms with van der Waals surface area (Å²) >= 11 is 0. The number of para-hydroxylation sites is 1. The summed E-state index contributed by atoms with van der Waals surface area (Å²) < 4.78 is 10.7. The van der Waals surface area contributed by atoms with Gasteiger partial charge < -0.3 is 30.0 Å². The fraction of sp³-hybridized carbons (Fsp3) is 0.259. The lowest BCUT2D eigenvalue weighted by molar-refractivity contribution is 0.0952. The molecule has 0 aliphatic carbocycles. The second-order valence-corrected chi connectivity index (χ2v) is 8.51. The molecule has 4 rings (SSSR count). The van der Waals surface area contributed by atoms with Crippen LogP contribution in [0.3, 0.4) is 0 Å². The molecule has 35 heavy (non-hydrogen) atoms. The number of amides is 1. The average Bonchev–Trinajstić information content (AvgIpc) is 2.87. The van der Waals surface area contributed by atoms with E-state index in [2.05, 4.69) is 15.6 Å². The van der Waals surface area contributed by atoms with E-state index in [0.29, 0.717) is 58.4 Å². The Bertz CT molecular complexity index is 1410. The first kappa shape index (κ1) is 24.1. The summed E-state index contributed by atoms with van der Waals surface area (Å²) in [6.45, 7) is 1.70. The van der Waals surface area contributed by atoms with Crippen molar-refractivity contribution in [3.63, 3.8) is 0 Å². The van der Waals surface area contributed by atoms with E-state index in [9.17, 15) is 9.59 Å². The number of anilines is 1. The molecule has 0 aliphatic rings. The number of ether oxygens (including phenoxy) is 2. The Balaban J connectivity index is 1.80. The van der Waals surface area contributed by atoms with Gasteiger partial charge in [-0.2, -0.15) is 0 Å². The number of aromatic nitrogens is 1. The second kappa shape index (κ2) is 10.5. The van der Waals surface area contributed by atoms with Crippen molar-refractivity contribution in [3.05, 3.63) is 75.9 Å². The van der Waals surface area contributed by atoms with E-state index in [-0.39, 0.29) is 11.3 Å². The molecule has 0 saturated carbocycles. The predicted molar refractivity (Wildman–Crippen MR) is 140 cm³/mol. The molecule has 1 amide bonds. The number of rotatable bonds is 9. The topological polar surface area (TPSA) is 95.7 Å². The Morgan fingerprint density at radius 1 is 0.971 bits per heavy atom. The number of hydrogen-bond donors (Lipinski definition) is 3. The lowest BCUT2D eigenvalue weighted by Gasteiger charge is -2.16. The minimum atomic E-state index is -0.247. The zero-order chi connectivity index (χ0) is 24.9. The van der Waals surface area contributed by atoms with Crippen LogP contribution >= 0.6 is 0 Å². The highest BCUT2D eigenvalue weighted by Crippen LogP contribution is 2.29. The third-order valence-electron chi connectivity index (χ3n) is 5.90. The van der Waals surface area contributed by atoms with E-state index in [0.717, 1.165) is 11.3 Å². The molecule has 8 heteroatoms. The van der Waals surface area contributed by atoms with Crippen molar-refractivity contribution >= 4 is 33.4 Å². The van der Waals surface area contributed by atoms with Crippen LogP contribution in [0.4, 0.5) is 5.69 Å². The number of nitrogens with one attached hydrogen (secondary N) is 3. The first-order chi connectivity index (χ1) is 16.9. The van der Waals surface area contributed by atoms with Crippen molar-refractivity contribution in [2.24, 2.45) is 0 Å². The van der Waals surface area contributed by atoms with Crippen LogP contribution in [0, 0.1) is 0 Å². The van der Waals surface area contributed by atoms with Crippen molar-refractivity contribution in [3.8, 4) is 11.5 Å². The summed E-state index contributed by atoms with van der Waals surface area (Å²) in [6.07, 6.45) is 0. The molecule has 1 aromatic heterocycles. The highest BCUT2D eigenvalue weighted by atomic mass is 16.5. The van der Waals surface area contributed by atoms with Gasteiger partial charge in [-0.25, -0.2) is 0 Å². The van der Waals surface area contributed by atoms with Crippen LogP contribution in [0.1, 0.15) is 15.9 Å². The van der Waals surface area contributed by atoms with Gasteiger partial charge in [-0.15, -0.1) is 0 Å². The minimum Gasteiger partial charge on any atom is -0.497 e. The van der Waals surface area contributed by atoms with Crippen LogP contribution in [-0.2, 0) is 6.54 Å². The predicted octanol–water partition coefficient (Wildman–Crippen LogP) is 3.60.